The van der Waals surface area contributed by atoms with Crippen LogP contribution in [-0.2, 0) is 11.0 Å². The number of halogens is 3. The van der Waals surface area contributed by atoms with E-state index in [9.17, 15) is 23.1 Å². The lowest BCUT2D eigenvalue weighted by molar-refractivity contribution is -0.143. The van der Waals surface area contributed by atoms with E-state index in [1.807, 2.05) is 11.0 Å². The fourth-order valence-corrected chi connectivity index (χ4v) is 3.81. The highest BCUT2D eigenvalue weighted by Crippen LogP contribution is 2.39. The molecule has 0 radical (unpaired) electrons. The van der Waals surface area contributed by atoms with Gasteiger partial charge in [0.15, 0.2) is 0 Å². The lowest BCUT2D eigenvalue weighted by Crippen LogP contribution is -2.41. The van der Waals surface area contributed by atoms with Crippen LogP contribution >= 0.6 is 0 Å². The Morgan fingerprint density at radius 2 is 1.96 bits per heavy atom. The van der Waals surface area contributed by atoms with E-state index in [4.69, 9.17) is 4.74 Å². The summed E-state index contributed by atoms with van der Waals surface area (Å²) in [5.41, 5.74) is 0.456. The lowest BCUT2D eigenvalue weighted by Gasteiger charge is -2.38. The summed E-state index contributed by atoms with van der Waals surface area (Å²) in [5.74, 6) is -0.869. The molecule has 2 unspecified atom stereocenters. The first-order chi connectivity index (χ1) is 13.3. The molecule has 2 atom stereocenters. The third-order valence-corrected chi connectivity index (χ3v) is 5.13. The second kappa shape index (κ2) is 8.22. The van der Waals surface area contributed by atoms with Gasteiger partial charge in [-0.2, -0.15) is 13.2 Å². The van der Waals surface area contributed by atoms with Gasteiger partial charge in [0.05, 0.1) is 24.6 Å². The summed E-state index contributed by atoms with van der Waals surface area (Å²) in [6.45, 7) is 0.872. The Bertz CT molecular complexity index is 838. The number of likely N-dealkylation sites (tertiary alicyclic amines) is 1. The van der Waals surface area contributed by atoms with Crippen LogP contribution in [0, 0.1) is 5.92 Å². The van der Waals surface area contributed by atoms with E-state index in [0.717, 1.165) is 17.7 Å². The summed E-state index contributed by atoms with van der Waals surface area (Å²) in [6.07, 6.45) is -3.22. The minimum atomic E-state index is -4.45. The lowest BCUT2D eigenvalue weighted by atomic mass is 9.90. The van der Waals surface area contributed by atoms with Crippen LogP contribution in [0.15, 0.2) is 48.5 Å². The third kappa shape index (κ3) is 4.30. The fraction of sp³-hybridized carbons (Fsp3) is 0.381. The number of ether oxygens (including phenoxy) is 1. The topological polar surface area (TPSA) is 49.8 Å². The SMILES string of the molecule is COc1ccccc1C(c1cccc(C(F)(F)F)c1)N1CCCC(C(=O)O)C1. The van der Waals surface area contributed by atoms with Gasteiger partial charge in [0.25, 0.3) is 0 Å². The van der Waals surface area contributed by atoms with Crippen LogP contribution in [0.3, 0.4) is 0 Å². The van der Waals surface area contributed by atoms with Crippen LogP contribution < -0.4 is 4.74 Å². The van der Waals surface area contributed by atoms with E-state index in [2.05, 4.69) is 0 Å². The molecule has 0 bridgehead atoms. The van der Waals surface area contributed by atoms with E-state index in [1.165, 1.54) is 13.2 Å². The molecule has 7 heteroatoms. The number of benzene rings is 2. The molecule has 4 nitrogen and oxygen atoms in total. The number of piperidine rings is 1. The zero-order valence-electron chi connectivity index (χ0n) is 15.4. The van der Waals surface area contributed by atoms with Gasteiger partial charge in [-0.05, 0) is 43.1 Å². The molecule has 1 aliphatic heterocycles. The summed E-state index contributed by atoms with van der Waals surface area (Å²) >= 11 is 0. The Morgan fingerprint density at radius 3 is 2.64 bits per heavy atom. The predicted molar refractivity (Wildman–Crippen MR) is 98.2 cm³/mol. The van der Waals surface area contributed by atoms with Crippen molar-refractivity contribution in [2.45, 2.75) is 25.1 Å². The summed E-state index contributed by atoms with van der Waals surface area (Å²) in [5, 5.41) is 9.43. The first kappa shape index (κ1) is 20.2. The molecule has 1 aliphatic rings. The molecule has 1 N–H and O–H groups in total. The van der Waals surface area contributed by atoms with Gasteiger partial charge in [-0.25, -0.2) is 0 Å². The monoisotopic (exact) mass is 393 g/mol. The van der Waals surface area contributed by atoms with Gasteiger partial charge in [-0.15, -0.1) is 0 Å². The molecule has 28 heavy (non-hydrogen) atoms. The second-order valence-electron chi connectivity index (χ2n) is 6.94. The van der Waals surface area contributed by atoms with Crippen LogP contribution in [0.5, 0.6) is 5.75 Å². The Kier molecular flexibility index (Phi) is 5.93. The molecule has 1 heterocycles. The normalized spacial score (nSPS) is 19.2. The number of aliphatic carboxylic acids is 1. The van der Waals surface area contributed by atoms with Crippen molar-refractivity contribution in [3.63, 3.8) is 0 Å². The molecule has 150 valence electrons. The molecule has 2 aromatic carbocycles. The van der Waals surface area contributed by atoms with Crippen molar-refractivity contribution in [3.05, 3.63) is 65.2 Å². The third-order valence-electron chi connectivity index (χ3n) is 5.13. The van der Waals surface area contributed by atoms with Crippen LogP contribution in [0.25, 0.3) is 0 Å². The first-order valence-electron chi connectivity index (χ1n) is 9.08. The summed E-state index contributed by atoms with van der Waals surface area (Å²) < 4.78 is 45.3. The number of hydrogen-bond donors (Lipinski definition) is 1. The van der Waals surface area contributed by atoms with Gasteiger partial charge >= 0.3 is 12.1 Å². The number of carbonyl (C=O) groups is 1. The number of rotatable bonds is 5. The smallest absolute Gasteiger partial charge is 0.416 e. The second-order valence-corrected chi connectivity index (χ2v) is 6.94. The van der Waals surface area contributed by atoms with E-state index < -0.39 is 29.7 Å². The number of methoxy groups -OCH3 is 1. The predicted octanol–water partition coefficient (Wildman–Crippen LogP) is 4.60. The maximum atomic E-state index is 13.3. The fourth-order valence-electron chi connectivity index (χ4n) is 3.81. The van der Waals surface area contributed by atoms with Gasteiger partial charge in [-0.1, -0.05) is 30.3 Å². The van der Waals surface area contributed by atoms with Crippen molar-refractivity contribution in [2.24, 2.45) is 5.92 Å². The van der Waals surface area contributed by atoms with Crippen LogP contribution in [-0.4, -0.2) is 36.2 Å². The summed E-state index contributed by atoms with van der Waals surface area (Å²) in [4.78, 5) is 13.4. The van der Waals surface area contributed by atoms with Crippen molar-refractivity contribution in [2.75, 3.05) is 20.2 Å². The zero-order valence-corrected chi connectivity index (χ0v) is 15.4. The molecule has 2 aromatic rings. The number of carboxylic acid groups (broad SMARTS) is 1. The molecule has 0 amide bonds. The van der Waals surface area contributed by atoms with Crippen molar-refractivity contribution >= 4 is 5.97 Å². The van der Waals surface area contributed by atoms with Crippen LogP contribution in [0.1, 0.15) is 35.6 Å². The Morgan fingerprint density at radius 1 is 1.21 bits per heavy atom. The van der Waals surface area contributed by atoms with Gasteiger partial charge in [-0.3, -0.25) is 9.69 Å². The summed E-state index contributed by atoms with van der Waals surface area (Å²) in [6, 6.07) is 11.9. The minimum Gasteiger partial charge on any atom is -0.496 e. The average Bonchev–Trinajstić information content (AvgIpc) is 2.68. The Balaban J connectivity index is 2.09. The molecule has 1 fully saturated rings. The molecule has 1 saturated heterocycles. The maximum Gasteiger partial charge on any atom is 0.416 e. The highest BCUT2D eigenvalue weighted by atomic mass is 19.4. The van der Waals surface area contributed by atoms with Crippen LogP contribution in [0.4, 0.5) is 13.2 Å². The Hall–Kier alpha value is -2.54. The standard InChI is InChI=1S/C21H22F3NO3/c1-28-18-10-3-2-9-17(18)19(25-11-5-7-15(13-25)20(26)27)14-6-4-8-16(12-14)21(22,23)24/h2-4,6,8-10,12,15,19H,5,7,11,13H2,1H3,(H,26,27). The molecular weight excluding hydrogens is 371 g/mol. The number of alkyl halides is 3. The van der Waals surface area contributed by atoms with Crippen molar-refractivity contribution < 1.29 is 27.8 Å². The van der Waals surface area contributed by atoms with Gasteiger partial charge in [0.2, 0.25) is 0 Å². The molecular formula is C21H22F3NO3. The molecule has 0 spiro atoms. The number of para-hydroxylation sites is 1. The van der Waals surface area contributed by atoms with Crippen molar-refractivity contribution in [3.8, 4) is 5.75 Å². The minimum absolute atomic E-state index is 0.272. The number of carboxylic acids is 1. The van der Waals surface area contributed by atoms with E-state index in [-0.39, 0.29) is 6.54 Å². The van der Waals surface area contributed by atoms with E-state index in [0.29, 0.717) is 30.7 Å². The number of hydrogen-bond acceptors (Lipinski definition) is 3. The largest absolute Gasteiger partial charge is 0.496 e. The highest BCUT2D eigenvalue weighted by molar-refractivity contribution is 5.70. The first-order valence-corrected chi connectivity index (χ1v) is 9.08. The van der Waals surface area contributed by atoms with Gasteiger partial charge in [0, 0.05) is 12.1 Å². The molecule has 0 saturated carbocycles. The van der Waals surface area contributed by atoms with Gasteiger partial charge < -0.3 is 9.84 Å². The number of nitrogens with zero attached hydrogens (tertiary/aromatic N) is 1. The Labute approximate surface area is 161 Å². The maximum absolute atomic E-state index is 13.3. The summed E-state index contributed by atoms with van der Waals surface area (Å²) in [7, 11) is 1.51. The quantitative estimate of drug-likeness (QED) is 0.807. The van der Waals surface area contributed by atoms with Crippen LogP contribution in [0.2, 0.25) is 0 Å². The zero-order chi connectivity index (χ0) is 20.3. The average molecular weight is 393 g/mol. The van der Waals surface area contributed by atoms with E-state index >= 15 is 0 Å². The van der Waals surface area contributed by atoms with Crippen molar-refractivity contribution in [1.29, 1.82) is 0 Å². The highest BCUT2D eigenvalue weighted by Gasteiger charge is 2.35. The van der Waals surface area contributed by atoms with Gasteiger partial charge in [0.1, 0.15) is 5.75 Å². The van der Waals surface area contributed by atoms with Crippen molar-refractivity contribution in [1.82, 2.24) is 4.90 Å². The van der Waals surface area contributed by atoms with E-state index in [1.54, 1.807) is 24.3 Å². The molecule has 3 rings (SSSR count). The molecule has 0 aliphatic carbocycles. The molecule has 0 aromatic heterocycles.